The van der Waals surface area contributed by atoms with Gasteiger partial charge < -0.3 is 15.5 Å². The number of anilines is 1. The first kappa shape index (κ1) is 17.5. The summed E-state index contributed by atoms with van der Waals surface area (Å²) in [6.07, 6.45) is 2.04. The zero-order chi connectivity index (χ0) is 15.8. The van der Waals surface area contributed by atoms with E-state index in [2.05, 4.69) is 22.5 Å². The number of hydrogen-bond donors (Lipinski definition) is 2. The van der Waals surface area contributed by atoms with Crippen LogP contribution in [0.1, 0.15) is 42.6 Å². The van der Waals surface area contributed by atoms with Crippen molar-refractivity contribution < 1.29 is 4.79 Å². The van der Waals surface area contributed by atoms with Crippen LogP contribution in [0.3, 0.4) is 0 Å². The van der Waals surface area contributed by atoms with Crippen LogP contribution in [-0.2, 0) is 0 Å². The van der Waals surface area contributed by atoms with E-state index in [-0.39, 0.29) is 11.9 Å². The molecule has 0 spiro atoms. The Hall–Kier alpha value is -1.55. The molecule has 118 valence electrons. The molecular formula is C17H29N3O. The number of benzene rings is 1. The third kappa shape index (κ3) is 6.17. The fraction of sp³-hybridized carbons (Fsp3) is 0.588. The number of aryl methyl sites for hydroxylation is 1. The molecule has 0 radical (unpaired) electrons. The van der Waals surface area contributed by atoms with Gasteiger partial charge in [0.25, 0.3) is 5.91 Å². The highest BCUT2D eigenvalue weighted by Crippen LogP contribution is 2.15. The number of carbonyl (C=O) groups is 1. The molecule has 1 aromatic rings. The summed E-state index contributed by atoms with van der Waals surface area (Å²) in [4.78, 5) is 14.4. The molecule has 1 rings (SSSR count). The topological polar surface area (TPSA) is 44.4 Å². The largest absolute Gasteiger partial charge is 0.385 e. The zero-order valence-corrected chi connectivity index (χ0v) is 14.0. The molecule has 4 heteroatoms. The van der Waals surface area contributed by atoms with E-state index < -0.39 is 0 Å². The van der Waals surface area contributed by atoms with Gasteiger partial charge in [-0.05, 0) is 71.1 Å². The quantitative estimate of drug-likeness (QED) is 0.774. The van der Waals surface area contributed by atoms with Gasteiger partial charge in [0, 0.05) is 23.8 Å². The average molecular weight is 291 g/mol. The lowest BCUT2D eigenvalue weighted by Gasteiger charge is -2.17. The summed E-state index contributed by atoms with van der Waals surface area (Å²) < 4.78 is 0. The Labute approximate surface area is 128 Å². The van der Waals surface area contributed by atoms with Crippen LogP contribution in [0.15, 0.2) is 18.2 Å². The van der Waals surface area contributed by atoms with Crippen molar-refractivity contribution >= 4 is 11.6 Å². The number of nitrogens with zero attached hydrogens (tertiary/aromatic N) is 1. The number of nitrogens with one attached hydrogen (secondary N) is 2. The summed E-state index contributed by atoms with van der Waals surface area (Å²) in [5.74, 6) is 0.0146. The van der Waals surface area contributed by atoms with E-state index in [0.29, 0.717) is 0 Å². The lowest BCUT2D eigenvalue weighted by Crippen LogP contribution is -2.35. The standard InChI is InChI=1S/C17H29N3O/c1-6-10-18-15-7-8-16(13(2)12-15)17(21)19-14(3)9-11-20(4)5/h7-8,12,14,18H,6,9-11H2,1-5H3,(H,19,21). The molecule has 21 heavy (non-hydrogen) atoms. The maximum absolute atomic E-state index is 12.3. The number of amides is 1. The van der Waals surface area contributed by atoms with Crippen LogP contribution in [0.4, 0.5) is 5.69 Å². The summed E-state index contributed by atoms with van der Waals surface area (Å²) in [7, 11) is 4.08. The van der Waals surface area contributed by atoms with E-state index in [0.717, 1.165) is 42.7 Å². The number of rotatable bonds is 8. The molecule has 0 bridgehead atoms. The Balaban J connectivity index is 2.61. The highest BCUT2D eigenvalue weighted by atomic mass is 16.1. The molecule has 0 aliphatic rings. The van der Waals surface area contributed by atoms with Crippen LogP contribution in [-0.4, -0.2) is 44.0 Å². The molecule has 1 aromatic carbocycles. The summed E-state index contributed by atoms with van der Waals surface area (Å²) in [6, 6.07) is 6.09. The second-order valence-corrected chi connectivity index (χ2v) is 5.92. The van der Waals surface area contributed by atoms with E-state index in [9.17, 15) is 4.79 Å². The van der Waals surface area contributed by atoms with Crippen LogP contribution < -0.4 is 10.6 Å². The second kappa shape index (κ2) is 8.67. The Morgan fingerprint density at radius 3 is 2.62 bits per heavy atom. The minimum absolute atomic E-state index is 0.0146. The van der Waals surface area contributed by atoms with Gasteiger partial charge in [0.1, 0.15) is 0 Å². The Bertz CT molecular complexity index is 457. The average Bonchev–Trinajstić information content (AvgIpc) is 2.42. The van der Waals surface area contributed by atoms with E-state index in [4.69, 9.17) is 0 Å². The molecule has 0 fully saturated rings. The Kier molecular flexibility index (Phi) is 7.23. The van der Waals surface area contributed by atoms with Crippen LogP contribution in [0.2, 0.25) is 0 Å². The molecule has 1 unspecified atom stereocenters. The van der Waals surface area contributed by atoms with Crippen LogP contribution in [0.5, 0.6) is 0 Å². The van der Waals surface area contributed by atoms with Gasteiger partial charge in [0.2, 0.25) is 0 Å². The summed E-state index contributed by atoms with van der Waals surface area (Å²) >= 11 is 0. The molecule has 0 heterocycles. The van der Waals surface area contributed by atoms with E-state index in [1.165, 1.54) is 0 Å². The summed E-state index contributed by atoms with van der Waals surface area (Å²) in [6.45, 7) is 8.09. The SMILES string of the molecule is CCCNc1ccc(C(=O)NC(C)CCN(C)C)c(C)c1. The van der Waals surface area contributed by atoms with Gasteiger partial charge in [-0.15, -0.1) is 0 Å². The molecule has 0 aromatic heterocycles. The van der Waals surface area contributed by atoms with Crippen molar-refractivity contribution in [2.45, 2.75) is 39.7 Å². The highest BCUT2D eigenvalue weighted by Gasteiger charge is 2.12. The molecule has 1 amide bonds. The molecule has 0 aliphatic heterocycles. The van der Waals surface area contributed by atoms with Gasteiger partial charge in [-0.3, -0.25) is 4.79 Å². The monoisotopic (exact) mass is 291 g/mol. The van der Waals surface area contributed by atoms with Crippen molar-refractivity contribution in [3.8, 4) is 0 Å². The fourth-order valence-electron chi connectivity index (χ4n) is 2.12. The lowest BCUT2D eigenvalue weighted by molar-refractivity contribution is 0.0936. The van der Waals surface area contributed by atoms with Crippen molar-refractivity contribution in [2.75, 3.05) is 32.5 Å². The first-order valence-corrected chi connectivity index (χ1v) is 7.74. The maximum Gasteiger partial charge on any atom is 0.251 e. The fourth-order valence-corrected chi connectivity index (χ4v) is 2.12. The predicted molar refractivity (Wildman–Crippen MR) is 90.1 cm³/mol. The third-order valence-corrected chi connectivity index (χ3v) is 3.44. The molecule has 0 aliphatic carbocycles. The van der Waals surface area contributed by atoms with Crippen molar-refractivity contribution in [3.63, 3.8) is 0 Å². The minimum atomic E-state index is 0.0146. The van der Waals surface area contributed by atoms with Gasteiger partial charge >= 0.3 is 0 Å². The Morgan fingerprint density at radius 1 is 1.33 bits per heavy atom. The van der Waals surface area contributed by atoms with Crippen LogP contribution in [0.25, 0.3) is 0 Å². The predicted octanol–water partition coefficient (Wildman–Crippen LogP) is 2.89. The van der Waals surface area contributed by atoms with Gasteiger partial charge in [0.05, 0.1) is 0 Å². The lowest BCUT2D eigenvalue weighted by atomic mass is 10.1. The van der Waals surface area contributed by atoms with E-state index in [1.807, 2.05) is 46.1 Å². The third-order valence-electron chi connectivity index (χ3n) is 3.44. The molecule has 2 N–H and O–H groups in total. The first-order chi connectivity index (χ1) is 9.93. The van der Waals surface area contributed by atoms with Gasteiger partial charge in [-0.2, -0.15) is 0 Å². The van der Waals surface area contributed by atoms with E-state index >= 15 is 0 Å². The van der Waals surface area contributed by atoms with Crippen LogP contribution in [0, 0.1) is 6.92 Å². The summed E-state index contributed by atoms with van der Waals surface area (Å²) in [5.41, 5.74) is 2.84. The van der Waals surface area contributed by atoms with Gasteiger partial charge in [-0.25, -0.2) is 0 Å². The van der Waals surface area contributed by atoms with Gasteiger partial charge in [-0.1, -0.05) is 6.92 Å². The van der Waals surface area contributed by atoms with Crippen molar-refractivity contribution in [2.24, 2.45) is 0 Å². The van der Waals surface area contributed by atoms with Gasteiger partial charge in [0.15, 0.2) is 0 Å². The highest BCUT2D eigenvalue weighted by molar-refractivity contribution is 5.96. The minimum Gasteiger partial charge on any atom is -0.385 e. The summed E-state index contributed by atoms with van der Waals surface area (Å²) in [5, 5.41) is 6.41. The maximum atomic E-state index is 12.3. The first-order valence-electron chi connectivity index (χ1n) is 7.74. The van der Waals surface area contributed by atoms with Crippen molar-refractivity contribution in [1.82, 2.24) is 10.2 Å². The molecule has 0 saturated heterocycles. The Morgan fingerprint density at radius 2 is 2.05 bits per heavy atom. The zero-order valence-electron chi connectivity index (χ0n) is 14.0. The molecular weight excluding hydrogens is 262 g/mol. The van der Waals surface area contributed by atoms with Crippen molar-refractivity contribution in [1.29, 1.82) is 0 Å². The number of carbonyl (C=O) groups excluding carboxylic acids is 1. The number of hydrogen-bond acceptors (Lipinski definition) is 3. The molecule has 0 saturated carbocycles. The smallest absolute Gasteiger partial charge is 0.251 e. The molecule has 1 atom stereocenters. The van der Waals surface area contributed by atoms with Crippen molar-refractivity contribution in [3.05, 3.63) is 29.3 Å². The second-order valence-electron chi connectivity index (χ2n) is 5.92. The van der Waals surface area contributed by atoms with E-state index in [1.54, 1.807) is 0 Å². The molecule has 4 nitrogen and oxygen atoms in total. The normalized spacial score (nSPS) is 12.3. The van der Waals surface area contributed by atoms with Crippen LogP contribution >= 0.6 is 0 Å².